The molecule has 0 spiro atoms. The fourth-order valence-corrected chi connectivity index (χ4v) is 3.45. The van der Waals surface area contributed by atoms with Crippen molar-refractivity contribution in [3.8, 4) is 0 Å². The molecule has 5 heteroatoms. The first kappa shape index (κ1) is 15.6. The van der Waals surface area contributed by atoms with Gasteiger partial charge < -0.3 is 20.1 Å². The van der Waals surface area contributed by atoms with Gasteiger partial charge in [-0.3, -0.25) is 0 Å². The number of likely N-dealkylation sites (tertiary alicyclic amines) is 1. The van der Waals surface area contributed by atoms with Gasteiger partial charge >= 0.3 is 6.09 Å². The summed E-state index contributed by atoms with van der Waals surface area (Å²) in [5.74, 6) is 0. The third kappa shape index (κ3) is 4.63. The highest BCUT2D eigenvalue weighted by Crippen LogP contribution is 2.28. The highest BCUT2D eigenvalue weighted by molar-refractivity contribution is 5.64. The minimum absolute atomic E-state index is 0.0179. The van der Waals surface area contributed by atoms with Crippen LogP contribution in [0.1, 0.15) is 52.4 Å². The van der Waals surface area contributed by atoms with E-state index in [0.29, 0.717) is 18.2 Å². The molecule has 5 nitrogen and oxygen atoms in total. The lowest BCUT2D eigenvalue weighted by molar-refractivity contribution is -0.0328. The summed E-state index contributed by atoms with van der Waals surface area (Å²) in [4.78, 5) is 13.3. The molecule has 2 aliphatic rings. The van der Waals surface area contributed by atoms with Gasteiger partial charge in [0.05, 0.1) is 12.2 Å². The van der Waals surface area contributed by atoms with Crippen molar-refractivity contribution in [1.82, 2.24) is 4.90 Å². The van der Waals surface area contributed by atoms with Gasteiger partial charge in [0, 0.05) is 19.1 Å². The lowest BCUT2D eigenvalue weighted by Crippen LogP contribution is -2.46. The van der Waals surface area contributed by atoms with Crippen molar-refractivity contribution in [3.05, 3.63) is 0 Å². The van der Waals surface area contributed by atoms with Crippen molar-refractivity contribution in [3.63, 3.8) is 0 Å². The van der Waals surface area contributed by atoms with E-state index in [1.807, 2.05) is 0 Å². The first-order valence-corrected chi connectivity index (χ1v) is 7.90. The summed E-state index contributed by atoms with van der Waals surface area (Å²) in [5.41, 5.74) is 5.07. The van der Waals surface area contributed by atoms with Crippen LogP contribution in [-0.4, -0.2) is 48.4 Å². The minimum Gasteiger partial charge on any atom is -0.446 e. The average Bonchev–Trinajstić information content (AvgIpc) is 2.39. The van der Waals surface area contributed by atoms with Crippen molar-refractivity contribution in [1.29, 1.82) is 0 Å². The van der Waals surface area contributed by atoms with Crippen molar-refractivity contribution in [2.75, 3.05) is 13.1 Å². The molecule has 0 aromatic heterocycles. The maximum Gasteiger partial charge on any atom is 0.404 e. The number of carbonyl (C=O) groups excluding carboxylic acids is 1. The summed E-state index contributed by atoms with van der Waals surface area (Å²) >= 11 is 0. The first-order valence-electron chi connectivity index (χ1n) is 7.90. The molecule has 20 heavy (non-hydrogen) atoms. The number of amides is 1. The van der Waals surface area contributed by atoms with E-state index in [0.717, 1.165) is 25.9 Å². The van der Waals surface area contributed by atoms with Gasteiger partial charge in [-0.15, -0.1) is 0 Å². The summed E-state index contributed by atoms with van der Waals surface area (Å²) in [7, 11) is 0. The van der Waals surface area contributed by atoms with Gasteiger partial charge in [-0.2, -0.15) is 0 Å². The zero-order valence-corrected chi connectivity index (χ0v) is 12.7. The summed E-state index contributed by atoms with van der Waals surface area (Å²) < 4.78 is 11.0. The van der Waals surface area contributed by atoms with Crippen LogP contribution < -0.4 is 5.73 Å². The Morgan fingerprint density at radius 2 is 1.65 bits per heavy atom. The summed E-state index contributed by atoms with van der Waals surface area (Å²) in [6, 6.07) is 0.677. The molecule has 0 radical (unpaired) electrons. The molecule has 2 fully saturated rings. The number of nitrogens with two attached hydrogens (primary N) is 1. The second-order valence-electron chi connectivity index (χ2n) is 6.29. The van der Waals surface area contributed by atoms with E-state index in [4.69, 9.17) is 15.2 Å². The third-order valence-electron chi connectivity index (χ3n) is 4.38. The Morgan fingerprint density at radius 3 is 2.15 bits per heavy atom. The molecule has 0 unspecified atom stereocenters. The second kappa shape index (κ2) is 7.27. The zero-order chi connectivity index (χ0) is 14.5. The van der Waals surface area contributed by atoms with Crippen LogP contribution in [0.4, 0.5) is 4.79 Å². The van der Waals surface area contributed by atoms with Crippen LogP contribution >= 0.6 is 0 Å². The van der Waals surface area contributed by atoms with Gasteiger partial charge in [-0.1, -0.05) is 0 Å². The molecular weight excluding hydrogens is 256 g/mol. The van der Waals surface area contributed by atoms with E-state index in [1.54, 1.807) is 0 Å². The molecule has 2 rings (SSSR count). The highest BCUT2D eigenvalue weighted by Gasteiger charge is 2.30. The van der Waals surface area contributed by atoms with E-state index in [1.165, 1.54) is 25.7 Å². The van der Waals surface area contributed by atoms with Crippen LogP contribution in [0.2, 0.25) is 0 Å². The molecule has 0 aromatic rings. The number of piperidine rings is 1. The molecule has 1 saturated carbocycles. The lowest BCUT2D eigenvalue weighted by Gasteiger charge is -2.40. The van der Waals surface area contributed by atoms with E-state index in [9.17, 15) is 4.79 Å². The van der Waals surface area contributed by atoms with Crippen LogP contribution in [-0.2, 0) is 9.47 Å². The van der Waals surface area contributed by atoms with E-state index in [-0.39, 0.29) is 6.10 Å². The smallest absolute Gasteiger partial charge is 0.404 e. The Hall–Kier alpha value is -0.810. The fourth-order valence-electron chi connectivity index (χ4n) is 3.45. The highest BCUT2D eigenvalue weighted by atomic mass is 16.6. The maximum absolute atomic E-state index is 10.7. The summed E-state index contributed by atoms with van der Waals surface area (Å²) in [6.07, 6.45) is 6.74. The van der Waals surface area contributed by atoms with Gasteiger partial charge in [0.25, 0.3) is 0 Å². The molecule has 1 amide bonds. The van der Waals surface area contributed by atoms with Crippen molar-refractivity contribution >= 4 is 6.09 Å². The number of hydrogen-bond donors (Lipinski definition) is 1. The van der Waals surface area contributed by atoms with Gasteiger partial charge in [-0.25, -0.2) is 4.79 Å². The Morgan fingerprint density at radius 1 is 1.05 bits per heavy atom. The topological polar surface area (TPSA) is 64.8 Å². The Kier molecular flexibility index (Phi) is 5.66. The van der Waals surface area contributed by atoms with Crippen LogP contribution in [0, 0.1) is 0 Å². The SMILES string of the molecule is CC(C)OC1CCC(N2CCC(OC(N)=O)CC2)CC1. The Balaban J connectivity index is 1.69. The van der Waals surface area contributed by atoms with Gasteiger partial charge in [0.15, 0.2) is 0 Å². The predicted molar refractivity (Wildman–Crippen MR) is 77.5 cm³/mol. The van der Waals surface area contributed by atoms with Gasteiger partial charge in [0.1, 0.15) is 6.10 Å². The lowest BCUT2D eigenvalue weighted by atomic mass is 9.90. The van der Waals surface area contributed by atoms with Crippen molar-refractivity contribution < 1.29 is 14.3 Å². The molecule has 2 N–H and O–H groups in total. The minimum atomic E-state index is -0.644. The predicted octanol–water partition coefficient (Wildman–Crippen LogP) is 2.28. The van der Waals surface area contributed by atoms with E-state index < -0.39 is 6.09 Å². The summed E-state index contributed by atoms with van der Waals surface area (Å²) in [5, 5.41) is 0. The standard InChI is InChI=1S/C15H28N2O3/c1-11(2)19-13-5-3-12(4-6-13)17-9-7-14(8-10-17)20-15(16)18/h11-14H,3-10H2,1-2H3,(H2,16,18). The van der Waals surface area contributed by atoms with Gasteiger partial charge in [-0.05, 0) is 52.4 Å². The molecule has 0 atom stereocenters. The Labute approximate surface area is 121 Å². The second-order valence-corrected chi connectivity index (χ2v) is 6.29. The first-order chi connectivity index (χ1) is 9.54. The summed E-state index contributed by atoms with van der Waals surface area (Å²) in [6.45, 7) is 6.24. The number of carbonyl (C=O) groups is 1. The number of ether oxygens (including phenoxy) is 2. The molecule has 1 heterocycles. The maximum atomic E-state index is 10.7. The molecule has 116 valence electrons. The fraction of sp³-hybridized carbons (Fsp3) is 0.933. The molecular formula is C15H28N2O3. The monoisotopic (exact) mass is 284 g/mol. The number of hydrogen-bond acceptors (Lipinski definition) is 4. The number of rotatable bonds is 4. The average molecular weight is 284 g/mol. The molecule has 0 bridgehead atoms. The van der Waals surface area contributed by atoms with Crippen LogP contribution in [0.25, 0.3) is 0 Å². The zero-order valence-electron chi connectivity index (χ0n) is 12.7. The third-order valence-corrected chi connectivity index (χ3v) is 4.38. The van der Waals surface area contributed by atoms with E-state index in [2.05, 4.69) is 18.7 Å². The quantitative estimate of drug-likeness (QED) is 0.860. The molecule has 1 aliphatic carbocycles. The molecule has 1 aliphatic heterocycles. The van der Waals surface area contributed by atoms with Crippen LogP contribution in [0.3, 0.4) is 0 Å². The van der Waals surface area contributed by atoms with Crippen molar-refractivity contribution in [2.45, 2.75) is 76.7 Å². The molecule has 1 saturated heterocycles. The van der Waals surface area contributed by atoms with E-state index >= 15 is 0 Å². The largest absolute Gasteiger partial charge is 0.446 e. The molecule has 0 aromatic carbocycles. The van der Waals surface area contributed by atoms with Crippen molar-refractivity contribution in [2.24, 2.45) is 5.73 Å². The number of primary amides is 1. The normalized spacial score (nSPS) is 29.6. The Bertz CT molecular complexity index is 306. The van der Waals surface area contributed by atoms with Crippen LogP contribution in [0.15, 0.2) is 0 Å². The van der Waals surface area contributed by atoms with Crippen LogP contribution in [0.5, 0.6) is 0 Å². The number of nitrogens with zero attached hydrogens (tertiary/aromatic N) is 1. The van der Waals surface area contributed by atoms with Gasteiger partial charge in [0.2, 0.25) is 0 Å².